The predicted molar refractivity (Wildman–Crippen MR) is 65.5 cm³/mol. The maximum absolute atomic E-state index is 10.1. The third-order valence-corrected chi connectivity index (χ3v) is 3.15. The molecule has 0 aliphatic rings. The fourth-order valence-electron chi connectivity index (χ4n) is 1.39. The van der Waals surface area contributed by atoms with E-state index in [0.29, 0.717) is 6.54 Å². The Balaban J connectivity index is 2.64. The SMILES string of the molecule is CCC(O)(CC)CNc1cc(C)c(C)nn1. The van der Waals surface area contributed by atoms with Crippen LogP contribution >= 0.6 is 0 Å². The predicted octanol–water partition coefficient (Wildman–Crippen LogP) is 2.06. The molecule has 0 atom stereocenters. The lowest BCUT2D eigenvalue weighted by molar-refractivity contribution is 0.0456. The van der Waals surface area contributed by atoms with E-state index in [-0.39, 0.29) is 0 Å². The Morgan fingerprint density at radius 1 is 1.25 bits per heavy atom. The molecular formula is C12H21N3O. The second-order valence-electron chi connectivity index (χ2n) is 4.28. The highest BCUT2D eigenvalue weighted by Gasteiger charge is 2.21. The lowest BCUT2D eigenvalue weighted by atomic mass is 9.98. The van der Waals surface area contributed by atoms with E-state index in [4.69, 9.17) is 0 Å². The highest BCUT2D eigenvalue weighted by atomic mass is 16.3. The standard InChI is InChI=1S/C12H21N3O/c1-5-12(16,6-2)8-13-11-7-9(3)10(4)14-15-11/h7,16H,5-6,8H2,1-4H3,(H,13,15). The van der Waals surface area contributed by atoms with Crippen LogP contribution in [0.3, 0.4) is 0 Å². The largest absolute Gasteiger partial charge is 0.388 e. The van der Waals surface area contributed by atoms with Crippen LogP contribution in [0.25, 0.3) is 0 Å². The van der Waals surface area contributed by atoms with Crippen LogP contribution in [0, 0.1) is 13.8 Å². The van der Waals surface area contributed by atoms with Gasteiger partial charge in [-0.25, -0.2) is 0 Å². The van der Waals surface area contributed by atoms with Crippen LogP contribution in [-0.2, 0) is 0 Å². The van der Waals surface area contributed by atoms with Crippen LogP contribution < -0.4 is 5.32 Å². The number of hydrogen-bond donors (Lipinski definition) is 2. The third kappa shape index (κ3) is 3.17. The smallest absolute Gasteiger partial charge is 0.149 e. The van der Waals surface area contributed by atoms with Gasteiger partial charge in [0.2, 0.25) is 0 Å². The first-order valence-electron chi connectivity index (χ1n) is 5.78. The van der Waals surface area contributed by atoms with Crippen molar-refractivity contribution in [1.29, 1.82) is 0 Å². The number of nitrogens with zero attached hydrogens (tertiary/aromatic N) is 2. The Labute approximate surface area is 97.1 Å². The van der Waals surface area contributed by atoms with Gasteiger partial charge < -0.3 is 10.4 Å². The molecular weight excluding hydrogens is 202 g/mol. The van der Waals surface area contributed by atoms with Crippen molar-refractivity contribution in [3.05, 3.63) is 17.3 Å². The Morgan fingerprint density at radius 3 is 2.38 bits per heavy atom. The summed E-state index contributed by atoms with van der Waals surface area (Å²) < 4.78 is 0. The molecule has 0 saturated carbocycles. The summed E-state index contributed by atoms with van der Waals surface area (Å²) in [6.45, 7) is 8.41. The molecule has 1 aromatic heterocycles. The number of hydrogen-bond acceptors (Lipinski definition) is 4. The highest BCUT2D eigenvalue weighted by molar-refractivity contribution is 5.37. The lowest BCUT2D eigenvalue weighted by Crippen LogP contribution is -2.35. The molecule has 0 aliphatic heterocycles. The van der Waals surface area contributed by atoms with Crippen molar-refractivity contribution < 1.29 is 5.11 Å². The zero-order valence-electron chi connectivity index (χ0n) is 10.5. The molecule has 2 N–H and O–H groups in total. The van der Waals surface area contributed by atoms with Crippen LogP contribution in [0.4, 0.5) is 5.82 Å². The van der Waals surface area contributed by atoms with E-state index in [2.05, 4.69) is 15.5 Å². The molecule has 16 heavy (non-hydrogen) atoms. The van der Waals surface area contributed by atoms with Gasteiger partial charge in [-0.05, 0) is 38.3 Å². The van der Waals surface area contributed by atoms with Crippen LogP contribution in [-0.4, -0.2) is 27.4 Å². The number of aromatic nitrogens is 2. The summed E-state index contributed by atoms with van der Waals surface area (Å²) in [5.74, 6) is 0.725. The summed E-state index contributed by atoms with van der Waals surface area (Å²) in [6, 6.07) is 1.95. The van der Waals surface area contributed by atoms with Gasteiger partial charge in [-0.2, -0.15) is 5.10 Å². The average molecular weight is 223 g/mol. The van der Waals surface area contributed by atoms with E-state index in [1.807, 2.05) is 33.8 Å². The van der Waals surface area contributed by atoms with Crippen molar-refractivity contribution in [2.75, 3.05) is 11.9 Å². The summed E-state index contributed by atoms with van der Waals surface area (Å²) in [5.41, 5.74) is 1.39. The Kier molecular flexibility index (Phi) is 4.24. The van der Waals surface area contributed by atoms with Crippen molar-refractivity contribution in [3.8, 4) is 0 Å². The van der Waals surface area contributed by atoms with Crippen molar-refractivity contribution in [3.63, 3.8) is 0 Å². The van der Waals surface area contributed by atoms with Gasteiger partial charge in [0.25, 0.3) is 0 Å². The van der Waals surface area contributed by atoms with Gasteiger partial charge in [0.1, 0.15) is 5.82 Å². The first-order chi connectivity index (χ1) is 7.50. The van der Waals surface area contributed by atoms with E-state index < -0.39 is 5.60 Å². The third-order valence-electron chi connectivity index (χ3n) is 3.15. The van der Waals surface area contributed by atoms with Crippen LogP contribution in [0.2, 0.25) is 0 Å². The molecule has 0 spiro atoms. The van der Waals surface area contributed by atoms with Gasteiger partial charge in [-0.1, -0.05) is 13.8 Å². The molecule has 1 aromatic rings. The Morgan fingerprint density at radius 2 is 1.88 bits per heavy atom. The van der Waals surface area contributed by atoms with Gasteiger partial charge in [0.05, 0.1) is 11.3 Å². The van der Waals surface area contributed by atoms with Crippen molar-refractivity contribution in [2.24, 2.45) is 0 Å². The van der Waals surface area contributed by atoms with Crippen molar-refractivity contribution in [2.45, 2.75) is 46.1 Å². The first kappa shape index (κ1) is 12.9. The van der Waals surface area contributed by atoms with Gasteiger partial charge in [0, 0.05) is 6.54 Å². The average Bonchev–Trinajstić information content (AvgIpc) is 2.30. The van der Waals surface area contributed by atoms with Crippen LogP contribution in [0.15, 0.2) is 6.07 Å². The van der Waals surface area contributed by atoms with E-state index in [9.17, 15) is 5.11 Å². The summed E-state index contributed by atoms with van der Waals surface area (Å²) in [5, 5.41) is 21.3. The van der Waals surface area contributed by atoms with Gasteiger partial charge >= 0.3 is 0 Å². The Bertz CT molecular complexity index is 348. The minimum Gasteiger partial charge on any atom is -0.388 e. The Hall–Kier alpha value is -1.16. The monoisotopic (exact) mass is 223 g/mol. The van der Waals surface area contributed by atoms with E-state index >= 15 is 0 Å². The molecule has 0 unspecified atom stereocenters. The van der Waals surface area contributed by atoms with E-state index in [1.54, 1.807) is 0 Å². The molecule has 0 amide bonds. The normalized spacial score (nSPS) is 11.6. The minimum absolute atomic E-state index is 0.511. The molecule has 0 aliphatic carbocycles. The zero-order valence-corrected chi connectivity index (χ0v) is 10.5. The molecule has 0 fully saturated rings. The molecule has 1 rings (SSSR count). The second-order valence-corrected chi connectivity index (χ2v) is 4.28. The zero-order chi connectivity index (χ0) is 12.2. The lowest BCUT2D eigenvalue weighted by Gasteiger charge is -2.25. The molecule has 0 saturated heterocycles. The summed E-state index contributed by atoms with van der Waals surface area (Å²) in [7, 11) is 0. The minimum atomic E-state index is -0.652. The van der Waals surface area contributed by atoms with Gasteiger partial charge in [-0.15, -0.1) is 5.10 Å². The highest BCUT2D eigenvalue weighted by Crippen LogP contribution is 2.16. The molecule has 0 bridgehead atoms. The molecule has 0 radical (unpaired) electrons. The number of anilines is 1. The number of aryl methyl sites for hydroxylation is 2. The number of nitrogens with one attached hydrogen (secondary N) is 1. The van der Waals surface area contributed by atoms with Crippen molar-refractivity contribution in [1.82, 2.24) is 10.2 Å². The maximum atomic E-state index is 10.1. The molecule has 90 valence electrons. The fraction of sp³-hybridized carbons (Fsp3) is 0.667. The van der Waals surface area contributed by atoms with Crippen LogP contribution in [0.5, 0.6) is 0 Å². The summed E-state index contributed by atoms with van der Waals surface area (Å²) in [4.78, 5) is 0. The summed E-state index contributed by atoms with van der Waals surface area (Å²) in [6.07, 6.45) is 1.46. The van der Waals surface area contributed by atoms with Gasteiger partial charge in [-0.3, -0.25) is 0 Å². The number of rotatable bonds is 5. The molecule has 4 heteroatoms. The summed E-state index contributed by atoms with van der Waals surface area (Å²) >= 11 is 0. The van der Waals surface area contributed by atoms with Gasteiger partial charge in [0.15, 0.2) is 0 Å². The quantitative estimate of drug-likeness (QED) is 0.802. The van der Waals surface area contributed by atoms with Crippen molar-refractivity contribution >= 4 is 5.82 Å². The molecule has 4 nitrogen and oxygen atoms in total. The first-order valence-corrected chi connectivity index (χ1v) is 5.78. The van der Waals surface area contributed by atoms with E-state index in [0.717, 1.165) is 29.9 Å². The second kappa shape index (κ2) is 5.25. The molecule has 0 aromatic carbocycles. The maximum Gasteiger partial charge on any atom is 0.149 e. The van der Waals surface area contributed by atoms with E-state index in [1.165, 1.54) is 0 Å². The topological polar surface area (TPSA) is 58.0 Å². The molecule has 1 heterocycles. The number of aliphatic hydroxyl groups is 1. The van der Waals surface area contributed by atoms with Crippen LogP contribution in [0.1, 0.15) is 37.9 Å². The fourth-order valence-corrected chi connectivity index (χ4v) is 1.39.